The monoisotopic (exact) mass is 484 g/mol. The lowest BCUT2D eigenvalue weighted by Crippen LogP contribution is -2.14. The minimum absolute atomic E-state index is 0.307. The quantitative estimate of drug-likeness (QED) is 0.339. The molecule has 3 aromatic rings. The van der Waals surface area contributed by atoms with Crippen molar-refractivity contribution in [2.24, 2.45) is 0 Å². The number of aromatic nitrogens is 2. The van der Waals surface area contributed by atoms with Crippen LogP contribution >= 0.6 is 18.7 Å². The Kier molecular flexibility index (Phi) is 7.57. The second kappa shape index (κ2) is 10.2. The summed E-state index contributed by atoms with van der Waals surface area (Å²) >= 11 is 6.37. The fourth-order valence-electron chi connectivity index (χ4n) is 3.54. The number of halogens is 1. The summed E-state index contributed by atoms with van der Waals surface area (Å²) < 4.78 is 18.3. The lowest BCUT2D eigenvalue weighted by molar-refractivity contribution is -0.111. The lowest BCUT2D eigenvalue weighted by Gasteiger charge is -2.18. The first kappa shape index (κ1) is 24.5. The third kappa shape index (κ3) is 6.01. The Balaban J connectivity index is 1.95. The highest BCUT2D eigenvalue weighted by Crippen LogP contribution is 2.40. The number of amides is 1. The molecule has 2 aromatic carbocycles. The van der Waals surface area contributed by atoms with Crippen LogP contribution in [0.5, 0.6) is 5.75 Å². The molecule has 0 aliphatic heterocycles. The fourth-order valence-corrected chi connectivity index (χ4v) is 5.31. The molecule has 0 radical (unpaired) electrons. The zero-order chi connectivity index (χ0) is 24.2. The van der Waals surface area contributed by atoms with Gasteiger partial charge >= 0.3 is 0 Å². The molecule has 9 heteroatoms. The number of benzene rings is 2. The topological polar surface area (TPSA) is 93.2 Å². The highest BCUT2D eigenvalue weighted by atomic mass is 35.5. The van der Waals surface area contributed by atoms with Crippen LogP contribution in [0.3, 0.4) is 0 Å². The Hall–Kier alpha value is -3.15. The van der Waals surface area contributed by atoms with Crippen molar-refractivity contribution in [3.63, 3.8) is 0 Å². The summed E-state index contributed by atoms with van der Waals surface area (Å²) in [6.45, 7) is 8.86. The Morgan fingerprint density at radius 1 is 1.27 bits per heavy atom. The first-order valence-corrected chi connectivity index (χ1v) is 13.1. The van der Waals surface area contributed by atoms with Gasteiger partial charge in [0.1, 0.15) is 23.7 Å². The van der Waals surface area contributed by atoms with E-state index in [1.165, 1.54) is 12.3 Å². The molecule has 2 N–H and O–H groups in total. The van der Waals surface area contributed by atoms with Gasteiger partial charge in [0.25, 0.3) is 0 Å². The summed E-state index contributed by atoms with van der Waals surface area (Å²) in [5.74, 6) is 1.24. The Bertz CT molecular complexity index is 1260. The molecule has 0 bridgehead atoms. The molecule has 172 valence electrons. The molecular weight excluding hydrogens is 459 g/mol. The van der Waals surface area contributed by atoms with Gasteiger partial charge in [0.05, 0.1) is 19.0 Å². The van der Waals surface area contributed by atoms with Gasteiger partial charge in [-0.1, -0.05) is 30.3 Å². The third-order valence-corrected chi connectivity index (χ3v) is 6.85. The van der Waals surface area contributed by atoms with E-state index in [0.29, 0.717) is 40.2 Å². The largest absolute Gasteiger partial charge is 0.496 e. The predicted octanol–water partition coefficient (Wildman–Crippen LogP) is 5.15. The minimum atomic E-state index is -2.55. The van der Waals surface area contributed by atoms with Crippen molar-refractivity contribution in [3.8, 4) is 5.75 Å². The van der Waals surface area contributed by atoms with E-state index in [1.807, 2.05) is 25.1 Å². The molecule has 1 amide bonds. The Labute approximate surface area is 198 Å². The number of carbonyl (C=O) groups is 1. The predicted molar refractivity (Wildman–Crippen MR) is 135 cm³/mol. The van der Waals surface area contributed by atoms with E-state index in [4.69, 9.17) is 16.3 Å². The van der Waals surface area contributed by atoms with E-state index in [0.717, 1.165) is 16.4 Å². The van der Waals surface area contributed by atoms with Gasteiger partial charge in [0.2, 0.25) is 5.91 Å². The van der Waals surface area contributed by atoms with Gasteiger partial charge in [-0.2, -0.15) is 0 Å². The first-order valence-electron chi connectivity index (χ1n) is 10.2. The number of nitrogens with one attached hydrogen (secondary N) is 2. The molecule has 0 aliphatic rings. The van der Waals surface area contributed by atoms with Crippen LogP contribution < -0.4 is 20.7 Å². The second-order valence-electron chi connectivity index (χ2n) is 7.83. The zero-order valence-corrected chi connectivity index (χ0v) is 20.6. The van der Waals surface area contributed by atoms with Crippen LogP contribution in [0.25, 0.3) is 0 Å². The van der Waals surface area contributed by atoms with Gasteiger partial charge in [-0.15, -0.1) is 0 Å². The van der Waals surface area contributed by atoms with E-state index in [2.05, 4.69) is 27.2 Å². The number of carbonyl (C=O) groups excluding carboxylic acids is 1. The highest BCUT2D eigenvalue weighted by molar-refractivity contribution is 7.70. The number of hydrogen-bond acceptors (Lipinski definition) is 6. The molecule has 0 unspecified atom stereocenters. The molecule has 0 aliphatic carbocycles. The minimum Gasteiger partial charge on any atom is -0.496 e. The second-order valence-corrected chi connectivity index (χ2v) is 11.4. The van der Waals surface area contributed by atoms with Crippen LogP contribution in [0.15, 0.2) is 55.3 Å². The maximum absolute atomic E-state index is 12.9. The van der Waals surface area contributed by atoms with E-state index in [9.17, 15) is 9.36 Å². The normalized spacial score (nSPS) is 11.1. The molecule has 1 heterocycles. The number of nitrogens with zero attached hydrogens (tertiary/aromatic N) is 2. The smallest absolute Gasteiger partial charge is 0.247 e. The molecule has 33 heavy (non-hydrogen) atoms. The number of aryl methyl sites for hydroxylation is 1. The number of methoxy groups -OCH3 is 1. The molecular formula is C24H26ClN4O3P. The summed E-state index contributed by atoms with van der Waals surface area (Å²) in [6, 6.07) is 11.0. The Morgan fingerprint density at radius 2 is 2.03 bits per heavy atom. The van der Waals surface area contributed by atoms with Gasteiger partial charge in [0, 0.05) is 23.0 Å². The van der Waals surface area contributed by atoms with Gasteiger partial charge in [-0.3, -0.25) is 4.79 Å². The molecule has 7 nitrogen and oxygen atoms in total. The van der Waals surface area contributed by atoms with Crippen molar-refractivity contribution in [3.05, 3.63) is 77.2 Å². The van der Waals surface area contributed by atoms with Crippen molar-refractivity contribution in [2.45, 2.75) is 13.3 Å². The van der Waals surface area contributed by atoms with Crippen LogP contribution in [-0.2, 0) is 15.8 Å². The van der Waals surface area contributed by atoms with Crippen LogP contribution in [-0.4, -0.2) is 36.3 Å². The SMILES string of the molecule is C=CC(=O)Nc1ccc(OC)c(Cc2ncc(Cl)c(Nc3cccc(C)c3P(C)(C)=O)n2)c1. The zero-order valence-electron chi connectivity index (χ0n) is 19.0. The number of anilines is 3. The lowest BCUT2D eigenvalue weighted by atomic mass is 10.1. The van der Waals surface area contributed by atoms with Gasteiger partial charge in [-0.25, -0.2) is 9.97 Å². The average Bonchev–Trinajstić information content (AvgIpc) is 2.75. The van der Waals surface area contributed by atoms with Crippen molar-refractivity contribution >= 4 is 47.1 Å². The van der Waals surface area contributed by atoms with E-state index in [-0.39, 0.29) is 5.91 Å². The van der Waals surface area contributed by atoms with Crippen LogP contribution in [0.4, 0.5) is 17.2 Å². The molecule has 3 rings (SSSR count). The van der Waals surface area contributed by atoms with E-state index in [1.54, 1.807) is 38.6 Å². The van der Waals surface area contributed by atoms with Gasteiger partial charge in [-0.05, 0) is 56.2 Å². The fraction of sp³-hybridized carbons (Fsp3) is 0.208. The van der Waals surface area contributed by atoms with Gasteiger partial charge < -0.3 is 19.9 Å². The summed E-state index contributed by atoms with van der Waals surface area (Å²) in [5, 5.41) is 7.07. The van der Waals surface area contributed by atoms with E-state index >= 15 is 0 Å². The molecule has 0 fully saturated rings. The van der Waals surface area contributed by atoms with Crippen molar-refractivity contribution in [2.75, 3.05) is 31.1 Å². The third-order valence-electron chi connectivity index (χ3n) is 4.91. The first-order chi connectivity index (χ1) is 15.6. The number of rotatable bonds is 8. The summed E-state index contributed by atoms with van der Waals surface area (Å²) in [5.41, 5.74) is 3.02. The standard InChI is InChI=1S/C24H26ClN4O3P/c1-6-22(30)27-17-10-11-20(32-3)16(12-17)13-21-26-14-18(25)24(29-21)28-19-9-7-8-15(2)23(19)33(4,5)31/h6-12,14H,1,13H2,2-5H3,(H,27,30)(H,26,28,29). The summed E-state index contributed by atoms with van der Waals surface area (Å²) in [6.07, 6.45) is 3.07. The average molecular weight is 485 g/mol. The molecule has 0 spiro atoms. The van der Waals surface area contributed by atoms with Crippen LogP contribution in [0.1, 0.15) is 17.0 Å². The van der Waals surface area contributed by atoms with Crippen molar-refractivity contribution in [1.82, 2.24) is 9.97 Å². The number of hydrogen-bond donors (Lipinski definition) is 2. The molecule has 1 aromatic heterocycles. The number of ether oxygens (including phenoxy) is 1. The highest BCUT2D eigenvalue weighted by Gasteiger charge is 2.20. The van der Waals surface area contributed by atoms with E-state index < -0.39 is 7.14 Å². The molecule has 0 saturated carbocycles. The summed E-state index contributed by atoms with van der Waals surface area (Å²) in [4.78, 5) is 20.6. The maximum atomic E-state index is 12.9. The summed E-state index contributed by atoms with van der Waals surface area (Å²) in [7, 11) is -0.977. The van der Waals surface area contributed by atoms with Crippen molar-refractivity contribution in [1.29, 1.82) is 0 Å². The van der Waals surface area contributed by atoms with Crippen molar-refractivity contribution < 1.29 is 14.1 Å². The Morgan fingerprint density at radius 3 is 2.70 bits per heavy atom. The van der Waals surface area contributed by atoms with Crippen LogP contribution in [0, 0.1) is 6.92 Å². The molecule has 0 saturated heterocycles. The maximum Gasteiger partial charge on any atom is 0.247 e. The van der Waals surface area contributed by atoms with Crippen LogP contribution in [0.2, 0.25) is 5.02 Å². The molecule has 0 atom stereocenters. The van der Waals surface area contributed by atoms with Gasteiger partial charge in [0.15, 0.2) is 5.82 Å².